The van der Waals surface area contributed by atoms with Gasteiger partial charge in [-0.05, 0) is 76.4 Å². The van der Waals surface area contributed by atoms with Crippen molar-refractivity contribution >= 4 is 38.4 Å². The summed E-state index contributed by atoms with van der Waals surface area (Å²) in [6.45, 7) is 12.3. The molecule has 0 unspecified atom stereocenters. The van der Waals surface area contributed by atoms with E-state index in [1.807, 2.05) is 40.0 Å². The Morgan fingerprint density at radius 2 is 1.70 bits per heavy atom. The molecule has 37 heavy (non-hydrogen) atoms. The molecule has 2 aromatic heterocycles. The van der Waals surface area contributed by atoms with Crippen molar-refractivity contribution in [2.75, 3.05) is 7.11 Å². The summed E-state index contributed by atoms with van der Waals surface area (Å²) in [4.78, 5) is 22.9. The number of halogens is 1. The number of benzene rings is 2. The number of rotatable bonds is 6. The number of H-pyrrole nitrogens is 1. The van der Waals surface area contributed by atoms with Crippen LogP contribution in [0.5, 0.6) is 5.75 Å². The van der Waals surface area contributed by atoms with Crippen LogP contribution >= 0.6 is 21.6 Å². The number of carbonyl (C=O) groups excluding carboxylic acids is 1. The van der Waals surface area contributed by atoms with Gasteiger partial charge in [0.2, 0.25) is 0 Å². The average molecular weight is 554 g/mol. The lowest BCUT2D eigenvalue weighted by molar-refractivity contribution is -0.610. The molecule has 0 bridgehead atoms. The lowest BCUT2D eigenvalue weighted by Gasteiger charge is -2.21. The number of pyridine rings is 1. The van der Waals surface area contributed by atoms with Crippen LogP contribution in [0.4, 0.5) is 0 Å². The van der Waals surface area contributed by atoms with Gasteiger partial charge in [-0.15, -0.1) is 0 Å². The zero-order chi connectivity index (χ0) is 25.8. The van der Waals surface area contributed by atoms with E-state index in [1.165, 1.54) is 10.5 Å². The molecule has 4 aromatic rings. The van der Waals surface area contributed by atoms with Crippen molar-refractivity contribution in [2.24, 2.45) is 0 Å². The number of Topliss-reactive ketones (excluding diaryl/α,β-unsaturated/α-hetero) is 1. The van der Waals surface area contributed by atoms with Gasteiger partial charge in [0.05, 0.1) is 19.1 Å². The molecule has 0 spiro atoms. The molecule has 194 valence electrons. The molecule has 0 aliphatic heterocycles. The van der Waals surface area contributed by atoms with Crippen LogP contribution < -0.4 is 21.7 Å². The maximum Gasteiger partial charge on any atom is 0.402 e. The second kappa shape index (κ2) is 10.0. The van der Waals surface area contributed by atoms with E-state index in [9.17, 15) is 4.79 Å². The molecule has 1 aliphatic rings. The van der Waals surface area contributed by atoms with Crippen LogP contribution in [0.15, 0.2) is 53.6 Å². The van der Waals surface area contributed by atoms with E-state index in [2.05, 4.69) is 59.8 Å². The molecule has 1 N–H and O–H groups in total. The van der Waals surface area contributed by atoms with Gasteiger partial charge in [0.1, 0.15) is 17.0 Å². The van der Waals surface area contributed by atoms with E-state index in [-0.39, 0.29) is 18.2 Å². The van der Waals surface area contributed by atoms with Gasteiger partial charge < -0.3 is 17.1 Å². The maximum absolute atomic E-state index is 13.1. The number of nitrogens with one attached hydrogen (secondary N) is 1. The smallest absolute Gasteiger partial charge is 0.402 e. The number of imidazole rings is 1. The molecule has 1 aliphatic carbocycles. The highest BCUT2D eigenvalue weighted by Crippen LogP contribution is 2.47. The summed E-state index contributed by atoms with van der Waals surface area (Å²) in [5.74, 6) is 2.66. The van der Waals surface area contributed by atoms with Crippen LogP contribution in [0.1, 0.15) is 55.6 Å². The SMILES string of the molecule is COc1cc[n+](-c2nc3cc4c(cc3[nH]2)C(C)(C)C(=O)C4(C)C)c(CSSc2ccccc2C)c1C.[Cl-]. The Hall–Kier alpha value is -2.48. The van der Waals surface area contributed by atoms with Gasteiger partial charge >= 0.3 is 5.95 Å². The standard InChI is InChI=1S/C29H32N3O2S2.ClH/c1-17-10-8-9-11-25(17)36-35-16-23-18(2)24(34-7)12-13-32(23)27-30-21-14-19-20(15-22(21)31-27)29(5,6)26(33)28(19,3)4;/h8-15H,16H2,1-7H3,(H,30,31);1H/q+1;/p-1. The normalized spacial score (nSPS) is 15.5. The van der Waals surface area contributed by atoms with Crippen LogP contribution in [-0.2, 0) is 21.4 Å². The maximum atomic E-state index is 13.1. The summed E-state index contributed by atoms with van der Waals surface area (Å²) in [7, 11) is 5.30. The Balaban J connectivity index is 0.00000320. The van der Waals surface area contributed by atoms with E-state index in [1.54, 1.807) is 28.7 Å². The first-order chi connectivity index (χ1) is 17.1. The van der Waals surface area contributed by atoms with Gasteiger partial charge in [0.15, 0.2) is 11.3 Å². The van der Waals surface area contributed by atoms with Gasteiger partial charge in [-0.2, -0.15) is 0 Å². The minimum atomic E-state index is -0.523. The van der Waals surface area contributed by atoms with Crippen molar-refractivity contribution in [3.63, 3.8) is 0 Å². The van der Waals surface area contributed by atoms with Crippen molar-refractivity contribution in [1.82, 2.24) is 9.97 Å². The third-order valence-electron chi connectivity index (χ3n) is 7.44. The summed E-state index contributed by atoms with van der Waals surface area (Å²) in [6, 6.07) is 14.6. The number of nitrogens with zero attached hydrogens (tertiary/aromatic N) is 2. The Labute approximate surface area is 232 Å². The minimum absolute atomic E-state index is 0. The van der Waals surface area contributed by atoms with E-state index in [0.29, 0.717) is 0 Å². The quantitative estimate of drug-likeness (QED) is 0.292. The van der Waals surface area contributed by atoms with Gasteiger partial charge in [0.25, 0.3) is 0 Å². The highest BCUT2D eigenvalue weighted by molar-refractivity contribution is 8.76. The number of methoxy groups -OCH3 is 1. The topological polar surface area (TPSA) is 58.9 Å². The van der Waals surface area contributed by atoms with Gasteiger partial charge in [-0.3, -0.25) is 4.79 Å². The van der Waals surface area contributed by atoms with Crippen LogP contribution in [0.25, 0.3) is 17.0 Å². The highest BCUT2D eigenvalue weighted by atomic mass is 35.5. The molecule has 5 nitrogen and oxygen atoms in total. The van der Waals surface area contributed by atoms with Crippen molar-refractivity contribution in [3.05, 3.63) is 76.6 Å². The van der Waals surface area contributed by atoms with E-state index < -0.39 is 10.8 Å². The molecule has 0 saturated carbocycles. The third-order valence-corrected chi connectivity index (χ3v) is 9.84. The summed E-state index contributed by atoms with van der Waals surface area (Å²) in [6.07, 6.45) is 2.02. The number of aryl methyl sites for hydroxylation is 1. The second-order valence-corrected chi connectivity index (χ2v) is 12.8. The van der Waals surface area contributed by atoms with Gasteiger partial charge in [-0.25, -0.2) is 9.55 Å². The molecule has 5 rings (SSSR count). The molecule has 2 aromatic carbocycles. The Morgan fingerprint density at radius 1 is 1.03 bits per heavy atom. The van der Waals surface area contributed by atoms with Crippen LogP contribution in [-0.4, -0.2) is 22.9 Å². The fourth-order valence-electron chi connectivity index (χ4n) is 5.29. The van der Waals surface area contributed by atoms with Crippen molar-refractivity contribution in [3.8, 4) is 11.7 Å². The van der Waals surface area contributed by atoms with Crippen molar-refractivity contribution in [2.45, 2.75) is 63.0 Å². The number of carbonyl (C=O) groups is 1. The molecule has 2 heterocycles. The van der Waals surface area contributed by atoms with E-state index in [4.69, 9.17) is 9.72 Å². The van der Waals surface area contributed by atoms with Gasteiger partial charge in [0, 0.05) is 27.4 Å². The predicted octanol–water partition coefficient (Wildman–Crippen LogP) is 3.55. The summed E-state index contributed by atoms with van der Waals surface area (Å²) < 4.78 is 7.76. The largest absolute Gasteiger partial charge is 1.00 e. The first-order valence-electron chi connectivity index (χ1n) is 12.1. The predicted molar refractivity (Wildman–Crippen MR) is 148 cm³/mol. The Kier molecular flexibility index (Phi) is 7.45. The average Bonchev–Trinajstić information content (AvgIpc) is 3.32. The lowest BCUT2D eigenvalue weighted by atomic mass is 9.80. The fourth-order valence-corrected chi connectivity index (χ4v) is 7.73. The third kappa shape index (κ3) is 4.55. The van der Waals surface area contributed by atoms with Crippen LogP contribution in [0.3, 0.4) is 0 Å². The monoisotopic (exact) mass is 553 g/mol. The lowest BCUT2D eigenvalue weighted by Crippen LogP contribution is -3.00. The molecule has 0 atom stereocenters. The van der Waals surface area contributed by atoms with E-state index >= 15 is 0 Å². The molecular formula is C29H32ClN3O2S2. The fraction of sp³-hybridized carbons (Fsp3) is 0.345. The second-order valence-electron chi connectivity index (χ2n) is 10.5. The van der Waals surface area contributed by atoms with Gasteiger partial charge in [-0.1, -0.05) is 44.8 Å². The van der Waals surface area contributed by atoms with Crippen LogP contribution in [0, 0.1) is 13.8 Å². The van der Waals surface area contributed by atoms with Crippen LogP contribution in [0.2, 0.25) is 0 Å². The molecule has 8 heteroatoms. The molecular weight excluding hydrogens is 522 g/mol. The minimum Gasteiger partial charge on any atom is -1.00 e. The molecule has 0 amide bonds. The summed E-state index contributed by atoms with van der Waals surface area (Å²) in [5.41, 5.74) is 6.43. The first kappa shape index (κ1) is 27.6. The number of hydrogen-bond donors (Lipinski definition) is 1. The number of ether oxygens (including phenoxy) is 1. The number of aromatic amines is 1. The molecule has 0 radical (unpaired) electrons. The zero-order valence-corrected chi connectivity index (χ0v) is 24.6. The van der Waals surface area contributed by atoms with Crippen molar-refractivity contribution < 1.29 is 26.5 Å². The van der Waals surface area contributed by atoms with Crippen molar-refractivity contribution in [1.29, 1.82) is 0 Å². The number of fused-ring (bicyclic) bond motifs is 2. The van der Waals surface area contributed by atoms with E-state index in [0.717, 1.165) is 50.9 Å². The summed E-state index contributed by atoms with van der Waals surface area (Å²) >= 11 is 0. The summed E-state index contributed by atoms with van der Waals surface area (Å²) in [5, 5.41) is 0. The zero-order valence-electron chi connectivity index (χ0n) is 22.2. The number of aromatic nitrogens is 3. The Bertz CT molecular complexity index is 1460. The molecule has 0 fully saturated rings. The Morgan fingerprint density at radius 3 is 2.38 bits per heavy atom. The molecule has 0 saturated heterocycles. The number of ketones is 1. The number of hydrogen-bond acceptors (Lipinski definition) is 5. The first-order valence-corrected chi connectivity index (χ1v) is 14.4. The highest BCUT2D eigenvalue weighted by Gasteiger charge is 2.50.